The molecule has 0 radical (unpaired) electrons. The number of imidazole rings is 1. The Balaban J connectivity index is 1.52. The maximum Gasteiger partial charge on any atom is 0.239 e. The van der Waals surface area contributed by atoms with E-state index in [4.69, 9.17) is 15.4 Å². The van der Waals surface area contributed by atoms with E-state index < -0.39 is 0 Å². The Labute approximate surface area is 210 Å². The van der Waals surface area contributed by atoms with Gasteiger partial charge < -0.3 is 10.3 Å². The summed E-state index contributed by atoms with van der Waals surface area (Å²) in [6.07, 6.45) is 4.16. The molecular formula is C30H28N6. The summed E-state index contributed by atoms with van der Waals surface area (Å²) in [5.41, 5.74) is 7.52. The van der Waals surface area contributed by atoms with E-state index in [1.165, 1.54) is 11.1 Å². The van der Waals surface area contributed by atoms with E-state index >= 15 is 0 Å². The summed E-state index contributed by atoms with van der Waals surface area (Å²) < 4.78 is 1.85. The van der Waals surface area contributed by atoms with E-state index in [2.05, 4.69) is 58.8 Å². The van der Waals surface area contributed by atoms with Gasteiger partial charge in [-0.15, -0.1) is 0 Å². The van der Waals surface area contributed by atoms with Crippen LogP contribution in [0.3, 0.4) is 0 Å². The quantitative estimate of drug-likeness (QED) is 0.288. The van der Waals surface area contributed by atoms with Crippen molar-refractivity contribution >= 4 is 5.82 Å². The average Bonchev–Trinajstić information content (AvgIpc) is 3.30. The Morgan fingerprint density at radius 3 is 2.14 bits per heavy atom. The van der Waals surface area contributed by atoms with Crippen molar-refractivity contribution in [3.05, 3.63) is 113 Å². The third-order valence-electron chi connectivity index (χ3n) is 6.71. The molecule has 5 aromatic rings. The first-order valence-electron chi connectivity index (χ1n) is 12.5. The Kier molecular flexibility index (Phi) is 5.91. The first-order chi connectivity index (χ1) is 17.8. The molecule has 1 aliphatic rings. The minimum absolute atomic E-state index is 0.248. The van der Waals surface area contributed by atoms with Crippen LogP contribution in [-0.2, 0) is 19.4 Å². The van der Waals surface area contributed by atoms with Gasteiger partial charge in [0.25, 0.3) is 0 Å². The fraction of sp³-hybridized carbons (Fsp3) is 0.167. The van der Waals surface area contributed by atoms with Crippen LogP contribution in [0.2, 0.25) is 0 Å². The standard InChI is InChI=1S/C30H28N6/c31-29-34-26(22-14-6-2-7-15-22)27(23-16-8-3-9-17-23)36(29)30-33-25-19-11-10-18-24(25)28(35-30)32-20-21-12-4-1-5-13-21/h1-9,12-17H,10-11,18-20H2,(H2,31,34)(H,32,33,35). The van der Waals surface area contributed by atoms with Crippen LogP contribution in [0.25, 0.3) is 28.5 Å². The molecule has 1 aliphatic carbocycles. The van der Waals surface area contributed by atoms with Crippen LogP contribution < -0.4 is 10.9 Å². The summed E-state index contributed by atoms with van der Waals surface area (Å²) in [6, 6.07) is 30.7. The van der Waals surface area contributed by atoms with Crippen molar-refractivity contribution in [2.75, 3.05) is 5.32 Å². The monoisotopic (exact) mass is 472 g/mol. The van der Waals surface area contributed by atoms with E-state index in [1.54, 1.807) is 0 Å². The number of aromatic amines is 1. The van der Waals surface area contributed by atoms with Crippen molar-refractivity contribution < 1.29 is 0 Å². The second-order valence-electron chi connectivity index (χ2n) is 9.11. The van der Waals surface area contributed by atoms with E-state index in [1.807, 2.05) is 47.0 Å². The van der Waals surface area contributed by atoms with Gasteiger partial charge in [0.2, 0.25) is 11.6 Å². The first kappa shape index (κ1) is 22.0. The summed E-state index contributed by atoms with van der Waals surface area (Å²) in [4.78, 5) is 13.4. The van der Waals surface area contributed by atoms with Gasteiger partial charge in [-0.3, -0.25) is 5.41 Å². The Morgan fingerprint density at radius 1 is 0.778 bits per heavy atom. The van der Waals surface area contributed by atoms with Gasteiger partial charge in [-0.1, -0.05) is 91.0 Å². The van der Waals surface area contributed by atoms with Gasteiger partial charge in [-0.25, -0.2) is 9.55 Å². The van der Waals surface area contributed by atoms with Gasteiger partial charge in [-0.2, -0.15) is 4.98 Å². The molecule has 0 spiro atoms. The van der Waals surface area contributed by atoms with Crippen LogP contribution in [-0.4, -0.2) is 19.5 Å². The van der Waals surface area contributed by atoms with Gasteiger partial charge in [-0.05, 0) is 31.2 Å². The number of rotatable bonds is 6. The number of anilines is 1. The summed E-state index contributed by atoms with van der Waals surface area (Å²) in [5, 5.41) is 12.5. The van der Waals surface area contributed by atoms with Crippen molar-refractivity contribution in [1.82, 2.24) is 19.5 Å². The molecule has 2 heterocycles. The second kappa shape index (κ2) is 9.66. The minimum atomic E-state index is 0.248. The lowest BCUT2D eigenvalue weighted by atomic mass is 9.96. The molecule has 0 saturated carbocycles. The molecule has 0 bridgehead atoms. The van der Waals surface area contributed by atoms with Gasteiger partial charge in [0.15, 0.2) is 0 Å². The molecule has 0 fully saturated rings. The number of aromatic nitrogens is 4. The zero-order chi connectivity index (χ0) is 24.3. The highest BCUT2D eigenvalue weighted by molar-refractivity contribution is 5.79. The number of hydrogen-bond donors (Lipinski definition) is 3. The third kappa shape index (κ3) is 4.22. The zero-order valence-corrected chi connectivity index (χ0v) is 20.0. The lowest BCUT2D eigenvalue weighted by molar-refractivity contribution is 0.657. The molecule has 3 N–H and O–H groups in total. The lowest BCUT2D eigenvalue weighted by Crippen LogP contribution is -2.22. The van der Waals surface area contributed by atoms with Crippen LogP contribution in [0.4, 0.5) is 5.82 Å². The topological polar surface area (TPSA) is 82.4 Å². The van der Waals surface area contributed by atoms with Crippen LogP contribution in [0.15, 0.2) is 91.0 Å². The zero-order valence-electron chi connectivity index (χ0n) is 20.0. The first-order valence-corrected chi connectivity index (χ1v) is 12.5. The number of nitrogens with one attached hydrogen (secondary N) is 3. The van der Waals surface area contributed by atoms with E-state index in [9.17, 15) is 0 Å². The molecule has 0 atom stereocenters. The van der Waals surface area contributed by atoms with Crippen LogP contribution in [0.5, 0.6) is 0 Å². The number of H-pyrrole nitrogens is 1. The van der Waals surface area contributed by atoms with E-state index in [0.717, 1.165) is 59.7 Å². The minimum Gasteiger partial charge on any atom is -0.366 e. The molecule has 0 aliphatic heterocycles. The highest BCUT2D eigenvalue weighted by atomic mass is 15.2. The molecule has 0 unspecified atom stereocenters. The predicted molar refractivity (Wildman–Crippen MR) is 143 cm³/mol. The number of hydrogen-bond acceptors (Lipinski definition) is 4. The Morgan fingerprint density at radius 2 is 1.42 bits per heavy atom. The molecular weight excluding hydrogens is 444 g/mol. The molecule has 3 aromatic carbocycles. The molecule has 0 saturated heterocycles. The Hall–Kier alpha value is -4.45. The summed E-state index contributed by atoms with van der Waals surface area (Å²) in [7, 11) is 0. The fourth-order valence-electron chi connectivity index (χ4n) is 4.95. The summed E-state index contributed by atoms with van der Waals surface area (Å²) >= 11 is 0. The summed E-state index contributed by atoms with van der Waals surface area (Å²) in [5.74, 6) is 1.39. The van der Waals surface area contributed by atoms with Gasteiger partial charge in [0.05, 0.1) is 17.1 Å². The number of nitrogens with zero attached hydrogens (tertiary/aromatic N) is 3. The van der Waals surface area contributed by atoms with Crippen molar-refractivity contribution in [2.24, 2.45) is 0 Å². The second-order valence-corrected chi connectivity index (χ2v) is 9.11. The predicted octanol–water partition coefficient (Wildman–Crippen LogP) is 5.90. The SMILES string of the molecule is N=c1[nH]c(-c2ccccc2)c(-c2ccccc2)n1-c1nc2c(c(NCc3ccccc3)n1)CCCC2. The molecule has 36 heavy (non-hydrogen) atoms. The molecule has 178 valence electrons. The molecule has 0 amide bonds. The van der Waals surface area contributed by atoms with Crippen molar-refractivity contribution in [3.63, 3.8) is 0 Å². The van der Waals surface area contributed by atoms with Gasteiger partial charge in [0, 0.05) is 23.2 Å². The maximum atomic E-state index is 8.92. The van der Waals surface area contributed by atoms with Gasteiger partial charge in [0.1, 0.15) is 5.82 Å². The molecule has 6 rings (SSSR count). The third-order valence-corrected chi connectivity index (χ3v) is 6.71. The van der Waals surface area contributed by atoms with Crippen molar-refractivity contribution in [3.8, 4) is 28.5 Å². The maximum absolute atomic E-state index is 8.92. The number of benzene rings is 3. The molecule has 6 heteroatoms. The van der Waals surface area contributed by atoms with Crippen molar-refractivity contribution in [1.29, 1.82) is 5.41 Å². The highest BCUT2D eigenvalue weighted by Gasteiger charge is 2.23. The molecule has 6 nitrogen and oxygen atoms in total. The van der Waals surface area contributed by atoms with Gasteiger partial charge >= 0.3 is 0 Å². The van der Waals surface area contributed by atoms with Crippen LogP contribution in [0, 0.1) is 5.41 Å². The van der Waals surface area contributed by atoms with Crippen molar-refractivity contribution in [2.45, 2.75) is 32.2 Å². The largest absolute Gasteiger partial charge is 0.366 e. The lowest BCUT2D eigenvalue weighted by Gasteiger charge is -2.20. The normalized spacial score (nSPS) is 12.8. The fourth-order valence-corrected chi connectivity index (χ4v) is 4.95. The average molecular weight is 473 g/mol. The number of fused-ring (bicyclic) bond motifs is 1. The highest BCUT2D eigenvalue weighted by Crippen LogP contribution is 2.32. The number of aryl methyl sites for hydroxylation is 1. The Bertz CT molecular complexity index is 1540. The van der Waals surface area contributed by atoms with Crippen LogP contribution in [0.1, 0.15) is 29.7 Å². The van der Waals surface area contributed by atoms with Crippen LogP contribution >= 0.6 is 0 Å². The van der Waals surface area contributed by atoms with E-state index in [0.29, 0.717) is 12.5 Å². The molecule has 2 aromatic heterocycles. The smallest absolute Gasteiger partial charge is 0.239 e. The summed E-state index contributed by atoms with van der Waals surface area (Å²) in [6.45, 7) is 0.691. The van der Waals surface area contributed by atoms with E-state index in [-0.39, 0.29) is 5.62 Å².